The van der Waals surface area contributed by atoms with Crippen LogP contribution in [0.4, 0.5) is 11.4 Å². The Kier molecular flexibility index (Phi) is 4.08. The van der Waals surface area contributed by atoms with E-state index in [4.69, 9.17) is 10.2 Å². The van der Waals surface area contributed by atoms with Crippen molar-refractivity contribution in [2.24, 2.45) is 0 Å². The van der Waals surface area contributed by atoms with E-state index in [-0.39, 0.29) is 13.3 Å². The zero-order valence-electron chi connectivity index (χ0n) is 7.33. The first-order valence-electron chi connectivity index (χ1n) is 4.16. The van der Waals surface area contributed by atoms with Crippen LogP contribution in [0.1, 0.15) is 0 Å². The third-order valence-electron chi connectivity index (χ3n) is 1.61. The first-order valence-corrected chi connectivity index (χ1v) is 4.16. The van der Waals surface area contributed by atoms with Crippen molar-refractivity contribution in [2.45, 2.75) is 0 Å². The molecule has 0 amide bonds. The van der Waals surface area contributed by atoms with E-state index >= 15 is 0 Å². The fourth-order valence-electron chi connectivity index (χ4n) is 0.997. The fourth-order valence-corrected chi connectivity index (χ4v) is 0.997. The van der Waals surface area contributed by atoms with Crippen molar-refractivity contribution in [3.63, 3.8) is 0 Å². The van der Waals surface area contributed by atoms with Crippen LogP contribution in [0.3, 0.4) is 0 Å². The lowest BCUT2D eigenvalue weighted by Crippen LogP contribution is -2.05. The van der Waals surface area contributed by atoms with Gasteiger partial charge in [0.25, 0.3) is 0 Å². The molecule has 4 heteroatoms. The maximum Gasteiger partial charge on any atom is 0.113 e. The molecule has 0 aromatic heterocycles. The number of anilines is 2. The van der Waals surface area contributed by atoms with E-state index in [2.05, 4.69) is 10.6 Å². The number of benzene rings is 1. The number of aliphatic hydroxyl groups is 2. The Morgan fingerprint density at radius 2 is 1.46 bits per heavy atom. The van der Waals surface area contributed by atoms with Crippen molar-refractivity contribution in [3.8, 4) is 0 Å². The van der Waals surface area contributed by atoms with Gasteiger partial charge in [0.05, 0.1) is 6.61 Å². The number of rotatable bonds is 5. The molecule has 0 radical (unpaired) electrons. The molecule has 1 aromatic carbocycles. The van der Waals surface area contributed by atoms with Gasteiger partial charge in [0.1, 0.15) is 6.73 Å². The monoisotopic (exact) mass is 182 g/mol. The average molecular weight is 182 g/mol. The first-order chi connectivity index (χ1) is 6.36. The zero-order chi connectivity index (χ0) is 9.52. The van der Waals surface area contributed by atoms with Crippen LogP contribution in [0.5, 0.6) is 0 Å². The topological polar surface area (TPSA) is 64.5 Å². The molecular formula is C9H14N2O2. The van der Waals surface area contributed by atoms with Gasteiger partial charge in [-0.1, -0.05) is 0 Å². The normalized spacial score (nSPS) is 9.69. The minimum atomic E-state index is -0.0661. The minimum absolute atomic E-state index is 0.0661. The van der Waals surface area contributed by atoms with Gasteiger partial charge in [0, 0.05) is 17.9 Å². The van der Waals surface area contributed by atoms with Crippen LogP contribution >= 0.6 is 0 Å². The lowest BCUT2D eigenvalue weighted by molar-refractivity contribution is 0.311. The Balaban J connectivity index is 2.48. The summed E-state index contributed by atoms with van der Waals surface area (Å²) in [6.45, 7) is 0.604. The van der Waals surface area contributed by atoms with E-state index in [0.717, 1.165) is 11.4 Å². The smallest absolute Gasteiger partial charge is 0.113 e. The van der Waals surface area contributed by atoms with Crippen LogP contribution in [0.25, 0.3) is 0 Å². The highest BCUT2D eigenvalue weighted by Gasteiger charge is 1.91. The lowest BCUT2D eigenvalue weighted by Gasteiger charge is -2.06. The number of nitrogens with one attached hydrogen (secondary N) is 2. The molecule has 0 saturated carbocycles. The molecule has 0 fully saturated rings. The van der Waals surface area contributed by atoms with Crippen molar-refractivity contribution in [1.29, 1.82) is 0 Å². The molecule has 72 valence electrons. The Hall–Kier alpha value is -1.26. The molecule has 0 aliphatic carbocycles. The van der Waals surface area contributed by atoms with Crippen molar-refractivity contribution >= 4 is 11.4 Å². The Morgan fingerprint density at radius 3 is 1.92 bits per heavy atom. The first kappa shape index (κ1) is 9.83. The molecule has 0 aliphatic rings. The summed E-state index contributed by atoms with van der Waals surface area (Å²) in [5, 5.41) is 22.9. The van der Waals surface area contributed by atoms with Gasteiger partial charge in [0.2, 0.25) is 0 Å². The van der Waals surface area contributed by atoms with Crippen molar-refractivity contribution in [2.75, 3.05) is 30.5 Å². The second-order valence-electron chi connectivity index (χ2n) is 2.56. The van der Waals surface area contributed by atoms with Gasteiger partial charge in [-0.25, -0.2) is 0 Å². The Bertz CT molecular complexity index is 236. The molecule has 0 saturated heterocycles. The number of aliphatic hydroxyl groups excluding tert-OH is 2. The summed E-state index contributed by atoms with van der Waals surface area (Å²) in [7, 11) is 0. The van der Waals surface area contributed by atoms with Crippen LogP contribution < -0.4 is 10.6 Å². The highest BCUT2D eigenvalue weighted by Crippen LogP contribution is 2.12. The number of hydrogen-bond acceptors (Lipinski definition) is 4. The van der Waals surface area contributed by atoms with Gasteiger partial charge in [-0.15, -0.1) is 0 Å². The molecule has 0 unspecified atom stereocenters. The van der Waals surface area contributed by atoms with Crippen LogP contribution in [-0.2, 0) is 0 Å². The molecule has 0 bridgehead atoms. The molecule has 1 aromatic rings. The van der Waals surface area contributed by atoms with Gasteiger partial charge < -0.3 is 20.8 Å². The van der Waals surface area contributed by atoms with E-state index in [1.807, 2.05) is 24.3 Å². The molecule has 0 atom stereocenters. The summed E-state index contributed by atoms with van der Waals surface area (Å²) < 4.78 is 0. The van der Waals surface area contributed by atoms with Gasteiger partial charge in [0.15, 0.2) is 0 Å². The minimum Gasteiger partial charge on any atom is -0.395 e. The molecular weight excluding hydrogens is 168 g/mol. The van der Waals surface area contributed by atoms with E-state index < -0.39 is 0 Å². The maximum absolute atomic E-state index is 8.57. The van der Waals surface area contributed by atoms with E-state index in [1.165, 1.54) is 0 Å². The van der Waals surface area contributed by atoms with Crippen LogP contribution in [-0.4, -0.2) is 30.1 Å². The van der Waals surface area contributed by atoms with E-state index in [1.54, 1.807) is 0 Å². The summed E-state index contributed by atoms with van der Waals surface area (Å²) in [5.41, 5.74) is 1.83. The highest BCUT2D eigenvalue weighted by molar-refractivity contribution is 5.53. The Labute approximate surface area is 77.2 Å². The lowest BCUT2D eigenvalue weighted by atomic mass is 10.3. The van der Waals surface area contributed by atoms with Crippen LogP contribution in [0.15, 0.2) is 24.3 Å². The van der Waals surface area contributed by atoms with Crippen LogP contribution in [0.2, 0.25) is 0 Å². The third-order valence-corrected chi connectivity index (χ3v) is 1.61. The van der Waals surface area contributed by atoms with E-state index in [9.17, 15) is 0 Å². The maximum atomic E-state index is 8.57. The van der Waals surface area contributed by atoms with Gasteiger partial charge >= 0.3 is 0 Å². The van der Waals surface area contributed by atoms with Gasteiger partial charge in [-0.05, 0) is 24.3 Å². The molecule has 0 aliphatic heterocycles. The summed E-state index contributed by atoms with van der Waals surface area (Å²) in [4.78, 5) is 0. The molecule has 4 nitrogen and oxygen atoms in total. The zero-order valence-corrected chi connectivity index (χ0v) is 7.33. The number of hydrogen-bond donors (Lipinski definition) is 4. The third kappa shape index (κ3) is 3.31. The SMILES string of the molecule is OCCNc1ccc(NCO)cc1. The molecule has 13 heavy (non-hydrogen) atoms. The predicted octanol–water partition coefficient (Wildman–Crippen LogP) is 0.452. The largest absolute Gasteiger partial charge is 0.395 e. The standard InChI is InChI=1S/C9H14N2O2/c12-6-5-10-8-1-3-9(4-2-8)11-7-13/h1-4,10-13H,5-7H2. The molecule has 0 heterocycles. The molecule has 4 N–H and O–H groups in total. The average Bonchev–Trinajstić information content (AvgIpc) is 2.17. The predicted molar refractivity (Wildman–Crippen MR) is 52.7 cm³/mol. The fraction of sp³-hybridized carbons (Fsp3) is 0.333. The second-order valence-corrected chi connectivity index (χ2v) is 2.56. The van der Waals surface area contributed by atoms with Crippen molar-refractivity contribution in [1.82, 2.24) is 0 Å². The van der Waals surface area contributed by atoms with Gasteiger partial charge in [-0.3, -0.25) is 0 Å². The van der Waals surface area contributed by atoms with Gasteiger partial charge in [-0.2, -0.15) is 0 Å². The van der Waals surface area contributed by atoms with Crippen LogP contribution in [0, 0.1) is 0 Å². The van der Waals surface area contributed by atoms with E-state index in [0.29, 0.717) is 6.54 Å². The second kappa shape index (κ2) is 5.40. The summed E-state index contributed by atoms with van der Waals surface area (Å²) >= 11 is 0. The highest BCUT2D eigenvalue weighted by atomic mass is 16.3. The molecule has 1 rings (SSSR count). The summed E-state index contributed by atoms with van der Waals surface area (Å²) in [6, 6.07) is 7.48. The van der Waals surface area contributed by atoms with Crippen molar-refractivity contribution < 1.29 is 10.2 Å². The Morgan fingerprint density at radius 1 is 0.923 bits per heavy atom. The summed E-state index contributed by atoms with van der Waals surface area (Å²) in [6.07, 6.45) is 0. The quantitative estimate of drug-likeness (QED) is 0.499. The van der Waals surface area contributed by atoms with Crippen molar-refractivity contribution in [3.05, 3.63) is 24.3 Å². The summed E-state index contributed by atoms with van der Waals surface area (Å²) in [5.74, 6) is 0. The molecule has 0 spiro atoms.